The Balaban J connectivity index is 0.692. The van der Waals surface area contributed by atoms with E-state index < -0.39 is 41.2 Å². The van der Waals surface area contributed by atoms with Gasteiger partial charge in [0, 0.05) is 74.5 Å². The minimum Gasteiger partial charge on any atom is -0.508 e. The van der Waals surface area contributed by atoms with Crippen molar-refractivity contribution >= 4 is 35.0 Å². The van der Waals surface area contributed by atoms with E-state index in [0.717, 1.165) is 22.3 Å². The minimum absolute atomic E-state index is 0.0171. The van der Waals surface area contributed by atoms with E-state index in [1.165, 1.54) is 16.7 Å². The van der Waals surface area contributed by atoms with Crippen molar-refractivity contribution in [1.82, 2.24) is 29.6 Å². The summed E-state index contributed by atoms with van der Waals surface area (Å²) >= 11 is 0. The first-order valence-electron chi connectivity index (χ1n) is 25.0. The van der Waals surface area contributed by atoms with Crippen LogP contribution in [-0.4, -0.2) is 89.8 Å². The van der Waals surface area contributed by atoms with E-state index >= 15 is 4.39 Å². The van der Waals surface area contributed by atoms with Crippen LogP contribution in [0.3, 0.4) is 0 Å². The number of alkyl carbamates (subject to hydrolysis) is 1. The van der Waals surface area contributed by atoms with E-state index in [1.807, 2.05) is 19.9 Å². The average molecular weight is 1010 g/mol. The van der Waals surface area contributed by atoms with Gasteiger partial charge in [0.15, 0.2) is 5.60 Å². The molecule has 6 heterocycles. The Kier molecular flexibility index (Phi) is 12.2. The number of rotatable bonds is 9. The fourth-order valence-electron chi connectivity index (χ4n) is 11.3. The number of phenols is 2. The summed E-state index contributed by atoms with van der Waals surface area (Å²) in [6.07, 6.45) is -0.311. The lowest BCUT2D eigenvalue weighted by atomic mass is 9.81. The molecule has 4 N–H and O–H groups in total. The summed E-state index contributed by atoms with van der Waals surface area (Å²) in [6.45, 7) is 10.6. The first-order valence-corrected chi connectivity index (χ1v) is 25.0. The second kappa shape index (κ2) is 18.6. The highest BCUT2D eigenvalue weighted by Crippen LogP contribution is 2.46. The predicted octanol–water partition coefficient (Wildman–Crippen LogP) is 7.45. The quantitative estimate of drug-likeness (QED) is 0.104. The Morgan fingerprint density at radius 2 is 1.64 bits per heavy atom. The molecule has 3 amide bonds. The fourth-order valence-corrected chi connectivity index (χ4v) is 11.3. The maximum absolute atomic E-state index is 15.4. The van der Waals surface area contributed by atoms with Gasteiger partial charge < -0.3 is 49.2 Å². The Hall–Kier alpha value is -7.83. The van der Waals surface area contributed by atoms with Gasteiger partial charge >= 0.3 is 18.2 Å². The highest BCUT2D eigenvalue weighted by molar-refractivity contribution is 5.98. The Labute approximate surface area is 424 Å². The van der Waals surface area contributed by atoms with Crippen LogP contribution in [0.1, 0.15) is 117 Å². The van der Waals surface area contributed by atoms with Gasteiger partial charge in [0.2, 0.25) is 0 Å². The molecule has 2 atom stereocenters. The number of benzene rings is 4. The van der Waals surface area contributed by atoms with Crippen molar-refractivity contribution in [3.63, 3.8) is 0 Å². The molecule has 0 bridgehead atoms. The lowest BCUT2D eigenvalue weighted by Gasteiger charge is -2.34. The van der Waals surface area contributed by atoms with Crippen LogP contribution in [0.15, 0.2) is 71.5 Å². The third kappa shape index (κ3) is 8.35. The number of cyclic esters (lactones) is 1. The maximum Gasteiger partial charge on any atom is 0.415 e. The Morgan fingerprint density at radius 1 is 0.892 bits per heavy atom. The van der Waals surface area contributed by atoms with E-state index in [1.54, 1.807) is 60.0 Å². The number of hydrogen-bond donors (Lipinski definition) is 4. The number of aromatic nitrogens is 2. The molecule has 1 saturated heterocycles. The van der Waals surface area contributed by atoms with Crippen LogP contribution in [0.2, 0.25) is 0 Å². The number of pyridine rings is 2. The first-order chi connectivity index (χ1) is 35.5. The molecule has 382 valence electrons. The predicted molar refractivity (Wildman–Crippen MR) is 267 cm³/mol. The molecule has 0 saturated carbocycles. The molecule has 2 aromatic heterocycles. The lowest BCUT2D eigenvalue weighted by Crippen LogP contribution is -2.49. The second-order valence-electron chi connectivity index (χ2n) is 20.2. The summed E-state index contributed by atoms with van der Waals surface area (Å²) in [5.74, 6) is -1.53. The Morgan fingerprint density at radius 3 is 2.38 bits per heavy atom. The van der Waals surface area contributed by atoms with Crippen molar-refractivity contribution < 1.29 is 53.1 Å². The van der Waals surface area contributed by atoms with E-state index in [0.29, 0.717) is 115 Å². The van der Waals surface area contributed by atoms with Crippen molar-refractivity contribution in [3.8, 4) is 28.6 Å². The number of nitrogens with one attached hydrogen (secondary N) is 1. The number of nitrogens with zero attached hydrogens (tertiary/aromatic N) is 5. The first kappa shape index (κ1) is 48.4. The SMILES string of the molecule is CC[C@@]1(O)C(=O)OCc2c1cc1n(c2=O)Cc2c-1nc1cc(F)c(C)c3c1c2[C@H](NC(=O)OCc1ccc(OC(=O)N2CCN(Cc4ccc5c(c4)CN(C(=O)c4cc(C(C)C)c(O)cc4O)C5)CC2)cc1)CC3. The van der Waals surface area contributed by atoms with E-state index in [2.05, 4.69) is 22.3 Å². The largest absolute Gasteiger partial charge is 0.508 e. The molecule has 4 aromatic carbocycles. The van der Waals surface area contributed by atoms with E-state index in [9.17, 15) is 39.3 Å². The minimum atomic E-state index is -2.02. The van der Waals surface area contributed by atoms with Crippen LogP contribution in [0.4, 0.5) is 14.0 Å². The molecule has 4 aliphatic heterocycles. The zero-order valence-electron chi connectivity index (χ0n) is 41.4. The number of halogens is 1. The summed E-state index contributed by atoms with van der Waals surface area (Å²) in [6, 6.07) is 18.1. The molecule has 5 aliphatic rings. The number of piperazine rings is 1. The molecule has 0 radical (unpaired) electrons. The van der Waals surface area contributed by atoms with Gasteiger partial charge in [-0.1, -0.05) is 51.1 Å². The van der Waals surface area contributed by atoms with Crippen LogP contribution in [0.5, 0.6) is 17.2 Å². The lowest BCUT2D eigenvalue weighted by molar-refractivity contribution is -0.172. The van der Waals surface area contributed by atoms with Gasteiger partial charge in [-0.15, -0.1) is 0 Å². The number of esters is 1. The average Bonchev–Trinajstić information content (AvgIpc) is 3.99. The molecular weight excluding hydrogens is 952 g/mol. The number of amides is 3. The molecule has 1 fully saturated rings. The zero-order chi connectivity index (χ0) is 51.9. The number of phenolic OH excluding ortho intramolecular Hbond substituents is 2. The van der Waals surface area contributed by atoms with Crippen LogP contribution >= 0.6 is 0 Å². The molecule has 1 aliphatic carbocycles. The molecule has 0 unspecified atom stereocenters. The van der Waals surface area contributed by atoms with Crippen molar-refractivity contribution in [1.29, 1.82) is 0 Å². The highest BCUT2D eigenvalue weighted by Gasteiger charge is 2.46. The molecule has 18 heteroatoms. The molecule has 74 heavy (non-hydrogen) atoms. The van der Waals surface area contributed by atoms with Crippen molar-refractivity contribution in [2.45, 2.75) is 104 Å². The van der Waals surface area contributed by atoms with Gasteiger partial charge in [-0.3, -0.25) is 14.5 Å². The second-order valence-corrected chi connectivity index (χ2v) is 20.2. The zero-order valence-corrected chi connectivity index (χ0v) is 41.4. The number of fused-ring (bicyclic) bond motifs is 6. The summed E-state index contributed by atoms with van der Waals surface area (Å²) in [5, 5.41) is 35.9. The van der Waals surface area contributed by atoms with Gasteiger partial charge in [-0.05, 0) is 101 Å². The number of aromatic hydroxyl groups is 2. The number of aryl methyl sites for hydroxylation is 1. The fraction of sp³-hybridized carbons (Fsp3) is 0.357. The molecule has 11 rings (SSSR count). The standard InChI is InChI=1S/C56H55FN6O11/c1-5-56(71)41-20-45-50-39(26-63(45)52(67)40(41)28-72-53(56)68)49-43(13-12-36-30(4)42(57)21-44(58-50)48(36)49)59-54(69)73-27-31-7-10-35(11-8-31)74-55(70)61-16-14-60(15-17-61)23-32-6-9-33-24-62(25-34(33)18-32)51(66)38-19-37(29(2)3)46(64)22-47(38)65/h6-11,18-22,29,43,64-65,71H,5,12-17,23-28H2,1-4H3,(H,59,69)/t43-,56+/m1/s1. The van der Waals surface area contributed by atoms with Gasteiger partial charge in [0.1, 0.15) is 36.3 Å². The number of aliphatic hydroxyl groups is 1. The summed E-state index contributed by atoms with van der Waals surface area (Å²) < 4.78 is 33.6. The molecule has 17 nitrogen and oxygen atoms in total. The number of carbonyl (C=O) groups excluding carboxylic acids is 4. The normalized spacial score (nSPS) is 18.7. The number of hydrogen-bond acceptors (Lipinski definition) is 13. The highest BCUT2D eigenvalue weighted by atomic mass is 19.1. The maximum atomic E-state index is 15.4. The van der Waals surface area contributed by atoms with Crippen LogP contribution in [0.25, 0.3) is 22.3 Å². The van der Waals surface area contributed by atoms with Gasteiger partial charge in [0.05, 0.1) is 40.6 Å². The van der Waals surface area contributed by atoms with Gasteiger partial charge in [0.25, 0.3) is 11.5 Å². The van der Waals surface area contributed by atoms with Crippen molar-refractivity contribution in [2.24, 2.45) is 0 Å². The van der Waals surface area contributed by atoms with Crippen LogP contribution < -0.4 is 15.6 Å². The molecule has 6 aromatic rings. The van der Waals surface area contributed by atoms with Crippen LogP contribution in [-0.2, 0) is 65.7 Å². The summed E-state index contributed by atoms with van der Waals surface area (Å²) in [7, 11) is 0. The van der Waals surface area contributed by atoms with Crippen LogP contribution in [0, 0.1) is 12.7 Å². The Bertz CT molecular complexity index is 3420. The van der Waals surface area contributed by atoms with Crippen molar-refractivity contribution in [3.05, 3.63) is 150 Å². The number of carbonyl (C=O) groups is 4. The summed E-state index contributed by atoms with van der Waals surface area (Å²) in [4.78, 5) is 77.5. The number of ether oxygens (including phenoxy) is 3. The van der Waals surface area contributed by atoms with E-state index in [4.69, 9.17) is 19.2 Å². The van der Waals surface area contributed by atoms with Gasteiger partial charge in [-0.25, -0.2) is 23.8 Å². The molecular formula is C56H55FN6O11. The van der Waals surface area contributed by atoms with E-state index in [-0.39, 0.29) is 66.2 Å². The molecule has 0 spiro atoms. The smallest absolute Gasteiger partial charge is 0.415 e. The monoisotopic (exact) mass is 1010 g/mol. The third-order valence-corrected chi connectivity index (χ3v) is 15.5. The summed E-state index contributed by atoms with van der Waals surface area (Å²) in [5.41, 5.74) is 6.25. The topological polar surface area (TPSA) is 213 Å². The van der Waals surface area contributed by atoms with Gasteiger partial charge in [-0.2, -0.15) is 0 Å². The van der Waals surface area contributed by atoms with Crippen molar-refractivity contribution in [2.75, 3.05) is 26.2 Å². The third-order valence-electron chi connectivity index (χ3n) is 15.5.